The van der Waals surface area contributed by atoms with Crippen LogP contribution >= 0.6 is 0 Å². The van der Waals surface area contributed by atoms with Gasteiger partial charge in [-0.25, -0.2) is 4.98 Å². The van der Waals surface area contributed by atoms with E-state index in [1.54, 1.807) is 18.3 Å². The van der Waals surface area contributed by atoms with Crippen molar-refractivity contribution in [2.75, 3.05) is 5.32 Å². The van der Waals surface area contributed by atoms with Gasteiger partial charge in [0.25, 0.3) is 5.69 Å². The minimum Gasteiger partial charge on any atom is -0.379 e. The molecule has 1 aromatic carbocycles. The van der Waals surface area contributed by atoms with Crippen LogP contribution in [0.4, 0.5) is 11.4 Å². The average Bonchev–Trinajstić information content (AvgIpc) is 3.07. The van der Waals surface area contributed by atoms with Gasteiger partial charge in [0, 0.05) is 28.9 Å². The highest BCUT2D eigenvalue weighted by Crippen LogP contribution is 2.40. The summed E-state index contributed by atoms with van der Waals surface area (Å²) in [5.41, 5.74) is 1.55. The molecule has 3 rings (SSSR count). The third-order valence-corrected chi connectivity index (χ3v) is 3.38. The van der Waals surface area contributed by atoms with Crippen molar-refractivity contribution in [2.45, 2.75) is 25.3 Å². The molecule has 0 amide bonds. The maximum Gasteiger partial charge on any atom is 0.295 e. The highest BCUT2D eigenvalue weighted by molar-refractivity contribution is 5.97. The summed E-state index contributed by atoms with van der Waals surface area (Å²) in [7, 11) is 0. The standard InChI is InChI=1S/C13H13N3O2/c1-13(6-7-13)15-10-4-5-11(16(17)18)12-9(10)3-2-8-14-12/h2-5,8,15H,6-7H2,1H3. The summed E-state index contributed by atoms with van der Waals surface area (Å²) in [6, 6.07) is 6.95. The minimum absolute atomic E-state index is 0.0529. The molecule has 1 fully saturated rings. The van der Waals surface area contributed by atoms with Gasteiger partial charge in [-0.05, 0) is 38.0 Å². The Morgan fingerprint density at radius 1 is 1.39 bits per heavy atom. The third kappa shape index (κ3) is 1.77. The smallest absolute Gasteiger partial charge is 0.295 e. The van der Waals surface area contributed by atoms with E-state index in [2.05, 4.69) is 17.2 Å². The second-order valence-corrected chi connectivity index (χ2v) is 4.97. The molecule has 0 aliphatic heterocycles. The Kier molecular flexibility index (Phi) is 2.23. The van der Waals surface area contributed by atoms with Gasteiger partial charge in [0.05, 0.1) is 4.92 Å². The fourth-order valence-corrected chi connectivity index (χ4v) is 2.05. The molecule has 0 spiro atoms. The van der Waals surface area contributed by atoms with Crippen LogP contribution in [-0.4, -0.2) is 15.4 Å². The first-order chi connectivity index (χ1) is 8.59. The van der Waals surface area contributed by atoms with Crippen LogP contribution in [0, 0.1) is 10.1 Å². The van der Waals surface area contributed by atoms with Crippen molar-refractivity contribution in [1.29, 1.82) is 0 Å². The zero-order valence-corrected chi connectivity index (χ0v) is 10.0. The number of non-ortho nitro benzene ring substituents is 1. The first kappa shape index (κ1) is 11.0. The Bertz CT molecular complexity index is 635. The van der Waals surface area contributed by atoms with Gasteiger partial charge in [-0.3, -0.25) is 10.1 Å². The fraction of sp³-hybridized carbons (Fsp3) is 0.308. The Morgan fingerprint density at radius 3 is 2.83 bits per heavy atom. The summed E-state index contributed by atoms with van der Waals surface area (Å²) in [6.45, 7) is 2.15. The van der Waals surface area contributed by atoms with Crippen molar-refractivity contribution in [1.82, 2.24) is 4.98 Å². The van der Waals surface area contributed by atoms with Gasteiger partial charge in [0.15, 0.2) is 0 Å². The van der Waals surface area contributed by atoms with Gasteiger partial charge in [-0.1, -0.05) is 0 Å². The van der Waals surface area contributed by atoms with Gasteiger partial charge in [-0.2, -0.15) is 0 Å². The zero-order chi connectivity index (χ0) is 12.8. The summed E-state index contributed by atoms with van der Waals surface area (Å²) < 4.78 is 0. The number of aromatic nitrogens is 1. The number of fused-ring (bicyclic) bond motifs is 1. The molecule has 0 unspecified atom stereocenters. The van der Waals surface area contributed by atoms with Gasteiger partial charge >= 0.3 is 0 Å². The fourth-order valence-electron chi connectivity index (χ4n) is 2.05. The number of rotatable bonds is 3. The van der Waals surface area contributed by atoms with E-state index in [0.29, 0.717) is 5.52 Å². The molecular formula is C13H13N3O2. The maximum absolute atomic E-state index is 11.0. The van der Waals surface area contributed by atoms with Crippen LogP contribution in [0.2, 0.25) is 0 Å². The molecule has 1 N–H and O–H groups in total. The first-order valence-electron chi connectivity index (χ1n) is 5.89. The second kappa shape index (κ2) is 3.66. The summed E-state index contributed by atoms with van der Waals surface area (Å²) in [5, 5.41) is 15.2. The molecule has 18 heavy (non-hydrogen) atoms. The zero-order valence-electron chi connectivity index (χ0n) is 10.0. The van der Waals surface area contributed by atoms with E-state index < -0.39 is 4.92 Å². The molecule has 1 aliphatic carbocycles. The Labute approximate surface area is 104 Å². The Balaban J connectivity index is 2.16. The van der Waals surface area contributed by atoms with Crippen LogP contribution in [-0.2, 0) is 0 Å². The van der Waals surface area contributed by atoms with Crippen molar-refractivity contribution in [2.24, 2.45) is 0 Å². The van der Waals surface area contributed by atoms with Gasteiger partial charge < -0.3 is 5.32 Å². The number of hydrogen-bond donors (Lipinski definition) is 1. The van der Waals surface area contributed by atoms with Gasteiger partial charge in [0.2, 0.25) is 0 Å². The summed E-state index contributed by atoms with van der Waals surface area (Å²) in [6.07, 6.45) is 3.84. The van der Waals surface area contributed by atoms with Crippen molar-refractivity contribution in [3.8, 4) is 0 Å². The highest BCUT2D eigenvalue weighted by atomic mass is 16.6. The number of hydrogen-bond acceptors (Lipinski definition) is 4. The molecule has 0 bridgehead atoms. The topological polar surface area (TPSA) is 68.1 Å². The molecule has 0 radical (unpaired) electrons. The van der Waals surface area contributed by atoms with Crippen LogP contribution in [0.3, 0.4) is 0 Å². The lowest BCUT2D eigenvalue weighted by Gasteiger charge is -2.15. The van der Waals surface area contributed by atoms with Crippen LogP contribution in [0.25, 0.3) is 10.9 Å². The van der Waals surface area contributed by atoms with E-state index in [1.165, 1.54) is 6.07 Å². The largest absolute Gasteiger partial charge is 0.379 e. The lowest BCUT2D eigenvalue weighted by Crippen LogP contribution is -2.16. The van der Waals surface area contributed by atoms with Crippen molar-refractivity contribution >= 4 is 22.3 Å². The Hall–Kier alpha value is -2.17. The Morgan fingerprint density at radius 2 is 2.17 bits per heavy atom. The number of nitro benzene ring substituents is 1. The lowest BCUT2D eigenvalue weighted by atomic mass is 10.1. The minimum atomic E-state index is -0.391. The predicted octanol–water partition coefficient (Wildman–Crippen LogP) is 3.11. The number of benzene rings is 1. The third-order valence-electron chi connectivity index (χ3n) is 3.38. The molecule has 5 heteroatoms. The first-order valence-corrected chi connectivity index (χ1v) is 5.89. The monoisotopic (exact) mass is 243 g/mol. The van der Waals surface area contributed by atoms with Crippen molar-refractivity contribution < 1.29 is 4.92 Å². The molecule has 1 heterocycles. The molecule has 92 valence electrons. The SMILES string of the molecule is CC1(Nc2ccc([N+](=O)[O-])c3ncccc23)CC1. The van der Waals surface area contributed by atoms with Crippen molar-refractivity contribution in [3.05, 3.63) is 40.6 Å². The number of nitrogens with one attached hydrogen (secondary N) is 1. The van der Waals surface area contributed by atoms with Crippen LogP contribution in [0.5, 0.6) is 0 Å². The maximum atomic E-state index is 11.0. The van der Waals surface area contributed by atoms with E-state index in [-0.39, 0.29) is 11.2 Å². The second-order valence-electron chi connectivity index (χ2n) is 4.97. The predicted molar refractivity (Wildman–Crippen MR) is 69.7 cm³/mol. The summed E-state index contributed by atoms with van der Waals surface area (Å²) in [4.78, 5) is 14.7. The number of nitrogens with zero attached hydrogens (tertiary/aromatic N) is 2. The molecule has 0 saturated heterocycles. The molecular weight excluding hydrogens is 230 g/mol. The molecule has 5 nitrogen and oxygen atoms in total. The van der Waals surface area contributed by atoms with E-state index in [9.17, 15) is 10.1 Å². The quantitative estimate of drug-likeness (QED) is 0.664. The number of nitro groups is 1. The van der Waals surface area contributed by atoms with E-state index in [4.69, 9.17) is 0 Å². The average molecular weight is 243 g/mol. The number of anilines is 1. The van der Waals surface area contributed by atoms with Gasteiger partial charge in [0.1, 0.15) is 5.52 Å². The molecule has 1 aliphatic rings. The van der Waals surface area contributed by atoms with Crippen LogP contribution in [0.1, 0.15) is 19.8 Å². The van der Waals surface area contributed by atoms with E-state index >= 15 is 0 Å². The van der Waals surface area contributed by atoms with E-state index in [0.717, 1.165) is 23.9 Å². The van der Waals surface area contributed by atoms with Crippen LogP contribution in [0.15, 0.2) is 30.5 Å². The molecule has 0 atom stereocenters. The van der Waals surface area contributed by atoms with E-state index in [1.807, 2.05) is 6.07 Å². The lowest BCUT2D eigenvalue weighted by molar-refractivity contribution is -0.383. The molecule has 1 aromatic heterocycles. The molecule has 1 saturated carbocycles. The summed E-state index contributed by atoms with van der Waals surface area (Å²) >= 11 is 0. The van der Waals surface area contributed by atoms with Crippen LogP contribution < -0.4 is 5.32 Å². The summed E-state index contributed by atoms with van der Waals surface area (Å²) in [5.74, 6) is 0. The normalized spacial score (nSPS) is 16.5. The highest BCUT2D eigenvalue weighted by Gasteiger charge is 2.37. The van der Waals surface area contributed by atoms with Crippen molar-refractivity contribution in [3.63, 3.8) is 0 Å². The number of pyridine rings is 1. The van der Waals surface area contributed by atoms with Gasteiger partial charge in [-0.15, -0.1) is 0 Å². The molecule has 2 aromatic rings.